The Balaban J connectivity index is 2.71. The summed E-state index contributed by atoms with van der Waals surface area (Å²) in [6.45, 7) is 2.64. The number of hydrogen-bond donors (Lipinski definition) is 1. The number of aryl methyl sites for hydroxylation is 2. The minimum absolute atomic E-state index is 0.0797. The standard InChI is InChI=1S/C17H14F7N/c1-9-6-12(15(18,16(19,20)21)17(22,23)24)7-10(2)14(9)11-4-3-5-13(25)8-11/h3-8H,25H2,1-2H3. The molecule has 2 rings (SSSR count). The van der Waals surface area contributed by atoms with E-state index in [0.717, 1.165) is 0 Å². The van der Waals surface area contributed by atoms with Gasteiger partial charge < -0.3 is 5.73 Å². The molecular formula is C17H14F7N. The van der Waals surface area contributed by atoms with Crippen LogP contribution in [-0.2, 0) is 5.67 Å². The number of benzene rings is 2. The molecule has 0 saturated heterocycles. The first-order chi connectivity index (χ1) is 11.3. The lowest BCUT2D eigenvalue weighted by molar-refractivity contribution is -0.348. The van der Waals surface area contributed by atoms with Crippen LogP contribution < -0.4 is 5.73 Å². The van der Waals surface area contributed by atoms with E-state index in [-0.39, 0.29) is 11.1 Å². The van der Waals surface area contributed by atoms with E-state index in [9.17, 15) is 30.7 Å². The number of hydrogen-bond acceptors (Lipinski definition) is 1. The van der Waals surface area contributed by atoms with Crippen LogP contribution in [0.2, 0.25) is 0 Å². The molecule has 0 amide bonds. The summed E-state index contributed by atoms with van der Waals surface area (Å²) in [6.07, 6.45) is -12.3. The molecule has 0 aliphatic rings. The average Bonchev–Trinajstić information content (AvgIpc) is 2.43. The molecule has 0 saturated carbocycles. The molecule has 0 bridgehead atoms. The van der Waals surface area contributed by atoms with Crippen molar-refractivity contribution in [3.05, 3.63) is 53.1 Å². The van der Waals surface area contributed by atoms with Gasteiger partial charge in [0.2, 0.25) is 0 Å². The van der Waals surface area contributed by atoms with Gasteiger partial charge in [0, 0.05) is 11.3 Å². The fraction of sp³-hybridized carbons (Fsp3) is 0.294. The zero-order valence-corrected chi connectivity index (χ0v) is 13.2. The van der Waals surface area contributed by atoms with Crippen molar-refractivity contribution in [3.63, 3.8) is 0 Å². The summed E-state index contributed by atoms with van der Waals surface area (Å²) in [5.41, 5.74) is 0.184. The molecule has 2 N–H and O–H groups in total. The highest BCUT2D eigenvalue weighted by molar-refractivity contribution is 5.74. The van der Waals surface area contributed by atoms with Crippen LogP contribution in [0, 0.1) is 13.8 Å². The molecule has 0 radical (unpaired) electrons. The molecular weight excluding hydrogens is 351 g/mol. The fourth-order valence-electron chi connectivity index (χ4n) is 2.80. The lowest BCUT2D eigenvalue weighted by Gasteiger charge is -2.31. The van der Waals surface area contributed by atoms with Crippen molar-refractivity contribution in [2.75, 3.05) is 5.73 Å². The van der Waals surface area contributed by atoms with E-state index in [1.165, 1.54) is 19.9 Å². The maximum Gasteiger partial charge on any atom is 0.435 e. The topological polar surface area (TPSA) is 26.0 Å². The Hall–Kier alpha value is -2.25. The molecule has 136 valence electrons. The molecule has 0 spiro atoms. The van der Waals surface area contributed by atoms with E-state index in [1.807, 2.05) is 0 Å². The largest absolute Gasteiger partial charge is 0.435 e. The molecule has 0 atom stereocenters. The number of alkyl halides is 7. The van der Waals surface area contributed by atoms with Crippen molar-refractivity contribution in [2.45, 2.75) is 31.9 Å². The van der Waals surface area contributed by atoms with Crippen molar-refractivity contribution in [1.82, 2.24) is 0 Å². The van der Waals surface area contributed by atoms with E-state index < -0.39 is 23.6 Å². The number of nitrogens with two attached hydrogens (primary N) is 1. The smallest absolute Gasteiger partial charge is 0.399 e. The summed E-state index contributed by atoms with van der Waals surface area (Å²) in [5.74, 6) is 0. The molecule has 2 aromatic carbocycles. The van der Waals surface area contributed by atoms with Crippen LogP contribution in [0.3, 0.4) is 0 Å². The minimum Gasteiger partial charge on any atom is -0.399 e. The highest BCUT2D eigenvalue weighted by Gasteiger charge is 2.73. The predicted molar refractivity (Wildman–Crippen MR) is 80.7 cm³/mol. The number of rotatable bonds is 2. The van der Waals surface area contributed by atoms with Crippen molar-refractivity contribution in [1.29, 1.82) is 0 Å². The first kappa shape index (κ1) is 19.1. The monoisotopic (exact) mass is 365 g/mol. The summed E-state index contributed by atoms with van der Waals surface area (Å²) >= 11 is 0. The third-order valence-electron chi connectivity index (χ3n) is 3.89. The maximum atomic E-state index is 14.2. The van der Waals surface area contributed by atoms with Crippen LogP contribution in [0.1, 0.15) is 16.7 Å². The number of halogens is 7. The summed E-state index contributed by atoms with van der Waals surface area (Å²) in [4.78, 5) is 0. The minimum atomic E-state index is -6.14. The van der Waals surface area contributed by atoms with Gasteiger partial charge in [0.05, 0.1) is 0 Å². The Labute approximate surface area is 139 Å². The Morgan fingerprint density at radius 3 is 1.64 bits per heavy atom. The highest BCUT2D eigenvalue weighted by Crippen LogP contribution is 2.53. The summed E-state index contributed by atoms with van der Waals surface area (Å²) in [5, 5.41) is 0. The lowest BCUT2D eigenvalue weighted by atomic mass is 9.87. The first-order valence-electron chi connectivity index (χ1n) is 7.09. The zero-order valence-electron chi connectivity index (χ0n) is 13.2. The predicted octanol–water partition coefficient (Wildman–Crippen LogP) is 5.84. The van der Waals surface area contributed by atoms with E-state index in [1.54, 1.807) is 18.2 Å². The second kappa shape index (κ2) is 5.93. The van der Waals surface area contributed by atoms with Crippen LogP contribution in [0.4, 0.5) is 36.4 Å². The van der Waals surface area contributed by atoms with Gasteiger partial charge in [-0.3, -0.25) is 0 Å². The second-order valence-corrected chi connectivity index (χ2v) is 5.76. The van der Waals surface area contributed by atoms with Crippen molar-refractivity contribution >= 4 is 5.69 Å². The first-order valence-corrected chi connectivity index (χ1v) is 7.09. The molecule has 0 fully saturated rings. The van der Waals surface area contributed by atoms with E-state index in [0.29, 0.717) is 28.9 Å². The summed E-state index contributed by atoms with van der Waals surface area (Å²) < 4.78 is 91.7. The van der Waals surface area contributed by atoms with Gasteiger partial charge in [0.25, 0.3) is 0 Å². The van der Waals surface area contributed by atoms with Crippen LogP contribution >= 0.6 is 0 Å². The number of anilines is 1. The van der Waals surface area contributed by atoms with Gasteiger partial charge >= 0.3 is 18.0 Å². The molecule has 2 aromatic rings. The van der Waals surface area contributed by atoms with Gasteiger partial charge in [-0.05, 0) is 48.2 Å². The maximum absolute atomic E-state index is 14.2. The quantitative estimate of drug-likeness (QED) is 0.525. The third-order valence-corrected chi connectivity index (χ3v) is 3.89. The Morgan fingerprint density at radius 2 is 1.24 bits per heavy atom. The molecule has 0 heterocycles. The normalized spacial score (nSPS) is 13.2. The molecule has 0 aliphatic heterocycles. The van der Waals surface area contributed by atoms with Crippen molar-refractivity contribution < 1.29 is 30.7 Å². The molecule has 0 aliphatic carbocycles. The highest BCUT2D eigenvalue weighted by atomic mass is 19.4. The third kappa shape index (κ3) is 3.17. The molecule has 8 heteroatoms. The van der Waals surface area contributed by atoms with Crippen LogP contribution in [0.5, 0.6) is 0 Å². The van der Waals surface area contributed by atoms with Crippen molar-refractivity contribution in [3.8, 4) is 11.1 Å². The van der Waals surface area contributed by atoms with Gasteiger partial charge in [0.15, 0.2) is 0 Å². The fourth-order valence-corrected chi connectivity index (χ4v) is 2.80. The van der Waals surface area contributed by atoms with Crippen LogP contribution in [0.15, 0.2) is 36.4 Å². The Kier molecular flexibility index (Phi) is 4.52. The van der Waals surface area contributed by atoms with Crippen LogP contribution in [0.25, 0.3) is 11.1 Å². The van der Waals surface area contributed by atoms with Gasteiger partial charge in [-0.25, -0.2) is 4.39 Å². The van der Waals surface area contributed by atoms with E-state index >= 15 is 0 Å². The molecule has 0 unspecified atom stereocenters. The van der Waals surface area contributed by atoms with E-state index in [2.05, 4.69) is 0 Å². The SMILES string of the molecule is Cc1cc(C(F)(C(F)(F)F)C(F)(F)F)cc(C)c1-c1cccc(N)c1. The average molecular weight is 365 g/mol. The molecule has 0 aromatic heterocycles. The number of nitrogen functional groups attached to an aromatic ring is 1. The molecule has 1 nitrogen and oxygen atoms in total. The summed E-state index contributed by atoms with van der Waals surface area (Å²) in [7, 11) is 0. The lowest BCUT2D eigenvalue weighted by Crippen LogP contribution is -2.50. The zero-order chi connectivity index (χ0) is 19.2. The van der Waals surface area contributed by atoms with Crippen LogP contribution in [-0.4, -0.2) is 12.4 Å². The second-order valence-electron chi connectivity index (χ2n) is 5.76. The Bertz CT molecular complexity index is 753. The van der Waals surface area contributed by atoms with Crippen molar-refractivity contribution in [2.24, 2.45) is 0 Å². The van der Waals surface area contributed by atoms with Gasteiger partial charge in [-0.2, -0.15) is 26.3 Å². The Morgan fingerprint density at radius 1 is 0.760 bits per heavy atom. The molecule has 25 heavy (non-hydrogen) atoms. The van der Waals surface area contributed by atoms with Gasteiger partial charge in [-0.15, -0.1) is 0 Å². The summed E-state index contributed by atoms with van der Waals surface area (Å²) in [6, 6.07) is 7.48. The van der Waals surface area contributed by atoms with Gasteiger partial charge in [0.1, 0.15) is 0 Å². The van der Waals surface area contributed by atoms with Gasteiger partial charge in [-0.1, -0.05) is 24.3 Å². The van der Waals surface area contributed by atoms with E-state index in [4.69, 9.17) is 5.73 Å².